The lowest BCUT2D eigenvalue weighted by molar-refractivity contribution is 0.0956. The first kappa shape index (κ1) is 14.9. The second-order valence-corrected chi connectivity index (χ2v) is 5.72. The van der Waals surface area contributed by atoms with E-state index in [1.807, 2.05) is 0 Å². The fraction of sp³-hybridized carbons (Fsp3) is 1.00. The second-order valence-electron chi connectivity index (χ2n) is 5.72. The van der Waals surface area contributed by atoms with Gasteiger partial charge in [-0.25, -0.2) is 0 Å². The van der Waals surface area contributed by atoms with Gasteiger partial charge in [0.15, 0.2) is 0 Å². The van der Waals surface area contributed by atoms with Crippen LogP contribution in [0.5, 0.6) is 0 Å². The maximum Gasteiger partial charge on any atom is 0.0615 e. The molecule has 0 aromatic rings. The van der Waals surface area contributed by atoms with E-state index in [1.54, 1.807) is 7.11 Å². The van der Waals surface area contributed by atoms with Crippen LogP contribution < -0.4 is 5.32 Å². The lowest BCUT2D eigenvalue weighted by Crippen LogP contribution is -2.48. The van der Waals surface area contributed by atoms with Crippen LogP contribution in [0.25, 0.3) is 0 Å². The Balaban J connectivity index is 2.47. The Kier molecular flexibility index (Phi) is 6.45. The van der Waals surface area contributed by atoms with E-state index in [4.69, 9.17) is 4.74 Å². The van der Waals surface area contributed by atoms with Gasteiger partial charge in [-0.05, 0) is 19.3 Å². The van der Waals surface area contributed by atoms with E-state index in [1.165, 1.54) is 32.1 Å². The van der Waals surface area contributed by atoms with Crippen molar-refractivity contribution in [3.63, 3.8) is 0 Å². The number of ether oxygens (including phenoxy) is 1. The van der Waals surface area contributed by atoms with Gasteiger partial charge >= 0.3 is 0 Å². The monoisotopic (exact) mass is 243 g/mol. The van der Waals surface area contributed by atoms with E-state index in [2.05, 4.69) is 19.2 Å². The topological polar surface area (TPSA) is 41.5 Å². The molecule has 0 amide bonds. The summed E-state index contributed by atoms with van der Waals surface area (Å²) in [6.45, 7) is 5.48. The molecule has 0 aromatic carbocycles. The van der Waals surface area contributed by atoms with Crippen molar-refractivity contribution < 1.29 is 9.84 Å². The maximum atomic E-state index is 9.54. The van der Waals surface area contributed by atoms with Crippen LogP contribution in [-0.2, 0) is 4.74 Å². The van der Waals surface area contributed by atoms with Gasteiger partial charge in [0.05, 0.1) is 6.61 Å². The molecule has 3 atom stereocenters. The van der Waals surface area contributed by atoms with Crippen molar-refractivity contribution >= 4 is 0 Å². The molecule has 1 rings (SSSR count). The van der Waals surface area contributed by atoms with Crippen molar-refractivity contribution in [1.29, 1.82) is 0 Å². The number of hydrogen-bond acceptors (Lipinski definition) is 3. The highest BCUT2D eigenvalue weighted by Crippen LogP contribution is 2.37. The summed E-state index contributed by atoms with van der Waals surface area (Å²) in [6.07, 6.45) is 7.18. The first-order chi connectivity index (χ1) is 8.16. The summed E-state index contributed by atoms with van der Waals surface area (Å²) in [6, 6.07) is 0.887. The standard InChI is InChI=1S/C14H29NO2/c1-4-5-7-12(10-17-3)15-13-8-6-9-14(13,2)11-16/h12-13,15-16H,4-11H2,1-3H3. The highest BCUT2D eigenvalue weighted by Gasteiger charge is 2.38. The van der Waals surface area contributed by atoms with Gasteiger partial charge in [-0.15, -0.1) is 0 Å². The average molecular weight is 243 g/mol. The molecule has 1 fully saturated rings. The quantitative estimate of drug-likeness (QED) is 0.687. The van der Waals surface area contributed by atoms with Crippen LogP contribution in [0.15, 0.2) is 0 Å². The molecule has 0 heterocycles. The molecule has 1 aliphatic carbocycles. The van der Waals surface area contributed by atoms with Crippen LogP contribution in [0.1, 0.15) is 52.4 Å². The number of aliphatic hydroxyl groups is 1. The normalized spacial score (nSPS) is 30.7. The van der Waals surface area contributed by atoms with Gasteiger partial charge in [-0.2, -0.15) is 0 Å². The Hall–Kier alpha value is -0.120. The number of rotatable bonds is 8. The number of aliphatic hydroxyl groups excluding tert-OH is 1. The van der Waals surface area contributed by atoms with Gasteiger partial charge < -0.3 is 15.2 Å². The number of nitrogens with one attached hydrogen (secondary N) is 1. The molecule has 0 bridgehead atoms. The van der Waals surface area contributed by atoms with Crippen molar-refractivity contribution in [1.82, 2.24) is 5.32 Å². The zero-order valence-corrected chi connectivity index (χ0v) is 11.7. The fourth-order valence-electron chi connectivity index (χ4n) is 2.86. The molecule has 1 saturated carbocycles. The molecule has 2 N–H and O–H groups in total. The highest BCUT2D eigenvalue weighted by molar-refractivity contribution is 4.94. The zero-order chi connectivity index (χ0) is 12.7. The number of hydrogen-bond donors (Lipinski definition) is 2. The summed E-state index contributed by atoms with van der Waals surface area (Å²) < 4.78 is 5.29. The second kappa shape index (κ2) is 7.34. The van der Waals surface area contributed by atoms with Gasteiger partial charge in [0, 0.05) is 31.2 Å². The van der Waals surface area contributed by atoms with Crippen molar-refractivity contribution in [2.45, 2.75) is 64.5 Å². The molecule has 0 saturated heterocycles. The van der Waals surface area contributed by atoms with E-state index < -0.39 is 0 Å². The maximum absolute atomic E-state index is 9.54. The van der Waals surface area contributed by atoms with E-state index in [0.29, 0.717) is 12.1 Å². The van der Waals surface area contributed by atoms with E-state index >= 15 is 0 Å². The van der Waals surface area contributed by atoms with E-state index in [-0.39, 0.29) is 12.0 Å². The number of unbranched alkanes of at least 4 members (excludes halogenated alkanes) is 1. The molecule has 17 heavy (non-hydrogen) atoms. The van der Waals surface area contributed by atoms with Gasteiger partial charge in [0.2, 0.25) is 0 Å². The number of methoxy groups -OCH3 is 1. The summed E-state index contributed by atoms with van der Waals surface area (Å²) in [4.78, 5) is 0. The smallest absolute Gasteiger partial charge is 0.0615 e. The van der Waals surface area contributed by atoms with Crippen molar-refractivity contribution in [3.05, 3.63) is 0 Å². The van der Waals surface area contributed by atoms with Crippen LogP contribution >= 0.6 is 0 Å². The van der Waals surface area contributed by atoms with Crippen LogP contribution in [0, 0.1) is 5.41 Å². The average Bonchev–Trinajstić information content (AvgIpc) is 2.69. The molecule has 1 aliphatic rings. The van der Waals surface area contributed by atoms with E-state index in [9.17, 15) is 5.11 Å². The van der Waals surface area contributed by atoms with Gasteiger partial charge in [0.1, 0.15) is 0 Å². The Morgan fingerprint density at radius 1 is 1.53 bits per heavy atom. The first-order valence-electron chi connectivity index (χ1n) is 7.02. The van der Waals surface area contributed by atoms with Crippen molar-refractivity contribution in [2.75, 3.05) is 20.3 Å². The minimum Gasteiger partial charge on any atom is -0.396 e. The molecule has 3 heteroatoms. The van der Waals surface area contributed by atoms with Crippen LogP contribution in [0.3, 0.4) is 0 Å². The fourth-order valence-corrected chi connectivity index (χ4v) is 2.86. The molecule has 3 unspecified atom stereocenters. The predicted molar refractivity (Wildman–Crippen MR) is 71.2 cm³/mol. The summed E-state index contributed by atoms with van der Waals surface area (Å²) in [5.41, 5.74) is 0.0677. The molecular weight excluding hydrogens is 214 g/mol. The Morgan fingerprint density at radius 2 is 2.29 bits per heavy atom. The van der Waals surface area contributed by atoms with Crippen LogP contribution in [0.4, 0.5) is 0 Å². The van der Waals surface area contributed by atoms with Gasteiger partial charge in [-0.3, -0.25) is 0 Å². The SMILES string of the molecule is CCCCC(COC)NC1CCCC1(C)CO. The highest BCUT2D eigenvalue weighted by atomic mass is 16.5. The summed E-state index contributed by atoms with van der Waals surface area (Å²) in [7, 11) is 1.76. The summed E-state index contributed by atoms with van der Waals surface area (Å²) in [5, 5.41) is 13.3. The Bertz CT molecular complexity index is 210. The van der Waals surface area contributed by atoms with Crippen molar-refractivity contribution in [2.24, 2.45) is 5.41 Å². The molecule has 102 valence electrons. The molecule has 3 nitrogen and oxygen atoms in total. The summed E-state index contributed by atoms with van der Waals surface area (Å²) >= 11 is 0. The molecule has 0 spiro atoms. The zero-order valence-electron chi connectivity index (χ0n) is 11.7. The minimum absolute atomic E-state index is 0.0677. The van der Waals surface area contributed by atoms with Crippen molar-refractivity contribution in [3.8, 4) is 0 Å². The van der Waals surface area contributed by atoms with Crippen LogP contribution in [-0.4, -0.2) is 37.5 Å². The largest absolute Gasteiger partial charge is 0.396 e. The third-order valence-electron chi connectivity index (χ3n) is 4.15. The van der Waals surface area contributed by atoms with Crippen LogP contribution in [0.2, 0.25) is 0 Å². The minimum atomic E-state index is 0.0677. The third-order valence-corrected chi connectivity index (χ3v) is 4.15. The lowest BCUT2D eigenvalue weighted by atomic mass is 9.85. The van der Waals surface area contributed by atoms with E-state index in [0.717, 1.165) is 13.0 Å². The van der Waals surface area contributed by atoms with Gasteiger partial charge in [-0.1, -0.05) is 33.1 Å². The Morgan fingerprint density at radius 3 is 2.88 bits per heavy atom. The Labute approximate surface area is 106 Å². The first-order valence-corrected chi connectivity index (χ1v) is 7.02. The van der Waals surface area contributed by atoms with Gasteiger partial charge in [0.25, 0.3) is 0 Å². The molecule has 0 aliphatic heterocycles. The summed E-state index contributed by atoms with van der Waals surface area (Å²) in [5.74, 6) is 0. The molecular formula is C14H29NO2. The molecule has 0 radical (unpaired) electrons. The predicted octanol–water partition coefficient (Wildman–Crippen LogP) is 2.33. The lowest BCUT2D eigenvalue weighted by Gasteiger charge is -2.33. The third kappa shape index (κ3) is 4.23. The molecule has 0 aromatic heterocycles.